The minimum Gasteiger partial charge on any atom is -0.301 e. The highest BCUT2D eigenvalue weighted by Crippen LogP contribution is 2.19. The number of aromatic nitrogens is 1. The number of rotatable bonds is 6. The second-order valence-electron chi connectivity index (χ2n) is 4.81. The highest BCUT2D eigenvalue weighted by molar-refractivity contribution is 9.09. The molecule has 1 heterocycles. The number of benzene rings is 1. The van der Waals surface area contributed by atoms with Gasteiger partial charge >= 0.3 is 0 Å². The summed E-state index contributed by atoms with van der Waals surface area (Å²) < 4.78 is 0. The van der Waals surface area contributed by atoms with E-state index in [4.69, 9.17) is 0 Å². The molecule has 0 fully saturated rings. The van der Waals surface area contributed by atoms with E-state index >= 15 is 0 Å². The van der Waals surface area contributed by atoms with Crippen LogP contribution in [-0.4, -0.2) is 28.8 Å². The fourth-order valence-electron chi connectivity index (χ4n) is 2.21. The van der Waals surface area contributed by atoms with E-state index in [1.807, 2.05) is 12.4 Å². The van der Waals surface area contributed by atoms with Gasteiger partial charge in [0, 0.05) is 36.7 Å². The molecule has 1 aromatic carbocycles. The summed E-state index contributed by atoms with van der Waals surface area (Å²) in [7, 11) is 2.17. The van der Waals surface area contributed by atoms with Gasteiger partial charge < -0.3 is 4.90 Å². The zero-order valence-electron chi connectivity index (χ0n) is 11.2. The Labute approximate surface area is 123 Å². The van der Waals surface area contributed by atoms with E-state index in [2.05, 4.69) is 75.3 Å². The van der Waals surface area contributed by atoms with Crippen LogP contribution in [0.1, 0.15) is 17.0 Å². The number of pyridine rings is 1. The van der Waals surface area contributed by atoms with Crippen LogP contribution in [0.25, 0.3) is 0 Å². The molecule has 0 N–H and O–H groups in total. The van der Waals surface area contributed by atoms with Crippen molar-refractivity contribution in [3.05, 3.63) is 66.0 Å². The standard InChI is InChI=1S/C16H19BrN2/c1-19(12-14-7-9-18-10-8-14)13-16(11-17)15-5-3-2-4-6-15/h2-10,16H,11-13H2,1H3. The number of alkyl halides is 1. The van der Waals surface area contributed by atoms with Gasteiger partial charge in [-0.25, -0.2) is 0 Å². The van der Waals surface area contributed by atoms with Crippen molar-refractivity contribution >= 4 is 15.9 Å². The summed E-state index contributed by atoms with van der Waals surface area (Å²) in [6.07, 6.45) is 3.70. The van der Waals surface area contributed by atoms with Crippen molar-refractivity contribution in [2.24, 2.45) is 0 Å². The number of halogens is 1. The molecule has 19 heavy (non-hydrogen) atoms. The van der Waals surface area contributed by atoms with Crippen molar-refractivity contribution in [2.45, 2.75) is 12.5 Å². The third-order valence-electron chi connectivity index (χ3n) is 3.19. The average Bonchev–Trinajstić information content (AvgIpc) is 2.47. The predicted molar refractivity (Wildman–Crippen MR) is 83.5 cm³/mol. The molecule has 1 atom stereocenters. The summed E-state index contributed by atoms with van der Waals surface area (Å²) in [5.41, 5.74) is 2.69. The topological polar surface area (TPSA) is 16.1 Å². The molecule has 2 nitrogen and oxygen atoms in total. The Morgan fingerprint density at radius 2 is 1.79 bits per heavy atom. The van der Waals surface area contributed by atoms with Crippen molar-refractivity contribution in [3.63, 3.8) is 0 Å². The molecule has 1 unspecified atom stereocenters. The molecule has 3 heteroatoms. The van der Waals surface area contributed by atoms with Crippen LogP contribution >= 0.6 is 15.9 Å². The minimum absolute atomic E-state index is 0.521. The van der Waals surface area contributed by atoms with Crippen molar-refractivity contribution in [1.29, 1.82) is 0 Å². The maximum Gasteiger partial charge on any atom is 0.0271 e. The Hall–Kier alpha value is -1.19. The molecule has 0 radical (unpaired) electrons. The fourth-order valence-corrected chi connectivity index (χ4v) is 2.79. The molecule has 0 spiro atoms. The lowest BCUT2D eigenvalue weighted by molar-refractivity contribution is 0.311. The molecular weight excluding hydrogens is 300 g/mol. The zero-order chi connectivity index (χ0) is 13.5. The van der Waals surface area contributed by atoms with Crippen LogP contribution in [0.4, 0.5) is 0 Å². The lowest BCUT2D eigenvalue weighted by Gasteiger charge is -2.23. The Bertz CT molecular complexity index is 473. The van der Waals surface area contributed by atoms with Gasteiger partial charge in [-0.15, -0.1) is 0 Å². The van der Waals surface area contributed by atoms with E-state index in [1.165, 1.54) is 11.1 Å². The predicted octanol–water partition coefficient (Wildman–Crippen LogP) is 3.69. The summed E-state index contributed by atoms with van der Waals surface area (Å²) in [6, 6.07) is 14.8. The minimum atomic E-state index is 0.521. The van der Waals surface area contributed by atoms with Gasteiger partial charge in [0.05, 0.1) is 0 Å². The first-order chi connectivity index (χ1) is 9.29. The highest BCUT2D eigenvalue weighted by atomic mass is 79.9. The molecule has 1 aromatic heterocycles. The van der Waals surface area contributed by atoms with Crippen LogP contribution in [0.5, 0.6) is 0 Å². The highest BCUT2D eigenvalue weighted by Gasteiger charge is 2.12. The molecule has 0 saturated carbocycles. The molecular formula is C16H19BrN2. The van der Waals surface area contributed by atoms with Gasteiger partial charge in [0.15, 0.2) is 0 Å². The fraction of sp³-hybridized carbons (Fsp3) is 0.312. The summed E-state index contributed by atoms with van der Waals surface area (Å²) in [5, 5.41) is 0.984. The van der Waals surface area contributed by atoms with Gasteiger partial charge in [0.1, 0.15) is 0 Å². The third kappa shape index (κ3) is 4.44. The van der Waals surface area contributed by atoms with Crippen LogP contribution in [0.3, 0.4) is 0 Å². The molecule has 0 aliphatic carbocycles. The monoisotopic (exact) mass is 318 g/mol. The number of likely N-dealkylation sites (N-methyl/N-ethyl adjacent to an activating group) is 1. The number of hydrogen-bond acceptors (Lipinski definition) is 2. The zero-order valence-corrected chi connectivity index (χ0v) is 12.8. The van der Waals surface area contributed by atoms with Crippen LogP contribution in [0.2, 0.25) is 0 Å². The maximum absolute atomic E-state index is 4.05. The smallest absolute Gasteiger partial charge is 0.0271 e. The van der Waals surface area contributed by atoms with Crippen molar-refractivity contribution < 1.29 is 0 Å². The van der Waals surface area contributed by atoms with E-state index in [1.54, 1.807) is 0 Å². The molecule has 0 aliphatic rings. The summed E-state index contributed by atoms with van der Waals surface area (Å²) in [6.45, 7) is 2.00. The molecule has 2 aromatic rings. The second kappa shape index (κ2) is 7.41. The molecule has 0 saturated heterocycles. The molecule has 0 aliphatic heterocycles. The van der Waals surface area contributed by atoms with Gasteiger partial charge in [-0.1, -0.05) is 46.3 Å². The van der Waals surface area contributed by atoms with Crippen LogP contribution in [0, 0.1) is 0 Å². The maximum atomic E-state index is 4.05. The molecule has 0 bridgehead atoms. The lowest BCUT2D eigenvalue weighted by Crippen LogP contribution is -2.25. The number of hydrogen-bond donors (Lipinski definition) is 0. The quantitative estimate of drug-likeness (QED) is 0.755. The van der Waals surface area contributed by atoms with Crippen molar-refractivity contribution in [2.75, 3.05) is 18.9 Å². The van der Waals surface area contributed by atoms with Crippen LogP contribution < -0.4 is 0 Å². The Balaban J connectivity index is 1.95. The average molecular weight is 319 g/mol. The summed E-state index contributed by atoms with van der Waals surface area (Å²) in [5.74, 6) is 0.521. The summed E-state index contributed by atoms with van der Waals surface area (Å²) >= 11 is 3.63. The molecule has 0 amide bonds. The first-order valence-electron chi connectivity index (χ1n) is 6.48. The van der Waals surface area contributed by atoms with Gasteiger partial charge in [-0.2, -0.15) is 0 Å². The largest absolute Gasteiger partial charge is 0.301 e. The van der Waals surface area contributed by atoms with Crippen molar-refractivity contribution in [1.82, 2.24) is 9.88 Å². The SMILES string of the molecule is CN(Cc1ccncc1)CC(CBr)c1ccccc1. The Morgan fingerprint density at radius 1 is 1.11 bits per heavy atom. The first-order valence-corrected chi connectivity index (χ1v) is 7.60. The van der Waals surface area contributed by atoms with E-state index in [0.29, 0.717) is 5.92 Å². The van der Waals surface area contributed by atoms with Gasteiger partial charge in [-0.05, 0) is 30.3 Å². The van der Waals surface area contributed by atoms with Crippen molar-refractivity contribution in [3.8, 4) is 0 Å². The third-order valence-corrected chi connectivity index (χ3v) is 3.97. The van der Waals surface area contributed by atoms with E-state index < -0.39 is 0 Å². The first kappa shape index (κ1) is 14.2. The van der Waals surface area contributed by atoms with Gasteiger partial charge in [-0.3, -0.25) is 4.98 Å². The molecule has 100 valence electrons. The normalized spacial score (nSPS) is 12.6. The van der Waals surface area contributed by atoms with Gasteiger partial charge in [0.25, 0.3) is 0 Å². The van der Waals surface area contributed by atoms with Gasteiger partial charge in [0.2, 0.25) is 0 Å². The second-order valence-corrected chi connectivity index (χ2v) is 5.46. The van der Waals surface area contributed by atoms with E-state index in [-0.39, 0.29) is 0 Å². The lowest BCUT2D eigenvalue weighted by atomic mass is 10.0. The molecule has 2 rings (SSSR count). The Morgan fingerprint density at radius 3 is 2.42 bits per heavy atom. The Kier molecular flexibility index (Phi) is 5.55. The summed E-state index contributed by atoms with van der Waals surface area (Å²) in [4.78, 5) is 6.41. The van der Waals surface area contributed by atoms with Crippen LogP contribution in [0.15, 0.2) is 54.9 Å². The number of nitrogens with zero attached hydrogens (tertiary/aromatic N) is 2. The van der Waals surface area contributed by atoms with Crippen LogP contribution in [-0.2, 0) is 6.54 Å². The van der Waals surface area contributed by atoms with E-state index in [0.717, 1.165) is 18.4 Å². The van der Waals surface area contributed by atoms with E-state index in [9.17, 15) is 0 Å².